The number of pyridine rings is 1. The van der Waals surface area contributed by atoms with Crippen LogP contribution >= 0.6 is 0 Å². The zero-order valence-electron chi connectivity index (χ0n) is 23.2. The molecule has 0 saturated carbocycles. The summed E-state index contributed by atoms with van der Waals surface area (Å²) >= 11 is 0. The van der Waals surface area contributed by atoms with Gasteiger partial charge in [0, 0.05) is 44.8 Å². The normalized spacial score (nSPS) is 11.3. The molecule has 0 aliphatic carbocycles. The molecule has 0 radical (unpaired) electrons. The number of nitrogens with zero attached hydrogens (tertiary/aromatic N) is 3. The third kappa shape index (κ3) is 4.65. The molecule has 4 heteroatoms. The minimum Gasteiger partial charge on any atom is -0.455 e. The first-order valence-electron chi connectivity index (χ1n) is 14.3. The molecule has 0 saturated heterocycles. The average Bonchev–Trinajstić information content (AvgIpc) is 3.48. The molecule has 3 heterocycles. The van der Waals surface area contributed by atoms with Gasteiger partial charge in [-0.1, -0.05) is 121 Å². The Morgan fingerprint density at radius 3 is 1.77 bits per heavy atom. The van der Waals surface area contributed by atoms with Crippen LogP contribution in [0.1, 0.15) is 0 Å². The lowest BCUT2D eigenvalue weighted by molar-refractivity contribution is 0.670. The Labute approximate surface area is 249 Å². The smallest absolute Gasteiger partial charge is 0.160 e. The van der Waals surface area contributed by atoms with Gasteiger partial charge in [0.1, 0.15) is 11.2 Å². The second-order valence-electron chi connectivity index (χ2n) is 10.5. The molecule has 0 aliphatic heterocycles. The van der Waals surface area contributed by atoms with Crippen molar-refractivity contribution in [1.29, 1.82) is 0 Å². The Bertz CT molecular complexity index is 2200. The van der Waals surface area contributed by atoms with Crippen LogP contribution in [0, 0.1) is 0 Å². The fourth-order valence-electron chi connectivity index (χ4n) is 5.60. The molecule has 0 atom stereocenters. The number of benzene rings is 5. The number of rotatable bonds is 5. The first kappa shape index (κ1) is 24.9. The predicted molar refractivity (Wildman–Crippen MR) is 174 cm³/mol. The van der Waals surface area contributed by atoms with Crippen molar-refractivity contribution in [3.05, 3.63) is 152 Å². The van der Waals surface area contributed by atoms with Crippen LogP contribution in [0.25, 0.3) is 78.2 Å². The molecule has 8 aromatic rings. The van der Waals surface area contributed by atoms with Gasteiger partial charge in [-0.05, 0) is 29.8 Å². The second kappa shape index (κ2) is 10.5. The minimum absolute atomic E-state index is 0.681. The molecule has 0 spiro atoms. The van der Waals surface area contributed by atoms with Gasteiger partial charge in [0.25, 0.3) is 0 Å². The van der Waals surface area contributed by atoms with Gasteiger partial charge in [-0.15, -0.1) is 0 Å². The Kier molecular flexibility index (Phi) is 6.08. The maximum absolute atomic E-state index is 6.29. The van der Waals surface area contributed by atoms with Gasteiger partial charge in [0.15, 0.2) is 5.82 Å². The van der Waals surface area contributed by atoms with E-state index < -0.39 is 0 Å². The SMILES string of the molecule is c1ccc(-c2cc(-c3ccc(-c4cccc5c4oc4ccccc45)cc3)nc(-c3ccc(-c4ccccn4)cc3)n2)cc1. The topological polar surface area (TPSA) is 51.8 Å². The van der Waals surface area contributed by atoms with E-state index in [0.717, 1.165) is 72.4 Å². The van der Waals surface area contributed by atoms with Crippen molar-refractivity contribution in [3.8, 4) is 56.3 Å². The van der Waals surface area contributed by atoms with Crippen LogP contribution in [0.4, 0.5) is 0 Å². The number of hydrogen-bond donors (Lipinski definition) is 0. The van der Waals surface area contributed by atoms with E-state index in [1.165, 1.54) is 0 Å². The summed E-state index contributed by atoms with van der Waals surface area (Å²) in [6, 6.07) is 49.6. The van der Waals surface area contributed by atoms with Gasteiger partial charge >= 0.3 is 0 Å². The van der Waals surface area contributed by atoms with Crippen molar-refractivity contribution in [2.24, 2.45) is 0 Å². The van der Waals surface area contributed by atoms with Crippen molar-refractivity contribution in [2.45, 2.75) is 0 Å². The monoisotopic (exact) mass is 551 g/mol. The van der Waals surface area contributed by atoms with Gasteiger partial charge in [-0.2, -0.15) is 0 Å². The molecule has 0 unspecified atom stereocenters. The zero-order valence-corrected chi connectivity index (χ0v) is 23.2. The molecule has 3 aromatic heterocycles. The lowest BCUT2D eigenvalue weighted by Gasteiger charge is -2.11. The Morgan fingerprint density at radius 1 is 0.419 bits per heavy atom. The van der Waals surface area contributed by atoms with Crippen LogP contribution in [0.3, 0.4) is 0 Å². The summed E-state index contributed by atoms with van der Waals surface area (Å²) in [4.78, 5) is 14.5. The molecule has 0 N–H and O–H groups in total. The Morgan fingerprint density at radius 2 is 1.02 bits per heavy atom. The molecule has 8 rings (SSSR count). The summed E-state index contributed by atoms with van der Waals surface area (Å²) in [5.41, 5.74) is 10.7. The number of fused-ring (bicyclic) bond motifs is 3. The average molecular weight is 552 g/mol. The fourth-order valence-corrected chi connectivity index (χ4v) is 5.60. The highest BCUT2D eigenvalue weighted by atomic mass is 16.3. The highest BCUT2D eigenvalue weighted by Crippen LogP contribution is 2.36. The van der Waals surface area contributed by atoms with Crippen molar-refractivity contribution in [3.63, 3.8) is 0 Å². The molecule has 202 valence electrons. The van der Waals surface area contributed by atoms with Crippen molar-refractivity contribution in [1.82, 2.24) is 15.0 Å². The Balaban J connectivity index is 1.20. The molecule has 0 aliphatic rings. The van der Waals surface area contributed by atoms with Crippen LogP contribution in [0.15, 0.2) is 156 Å². The van der Waals surface area contributed by atoms with E-state index >= 15 is 0 Å². The van der Waals surface area contributed by atoms with Crippen molar-refractivity contribution < 1.29 is 4.42 Å². The van der Waals surface area contributed by atoms with Crippen LogP contribution < -0.4 is 0 Å². The molecule has 0 bridgehead atoms. The van der Waals surface area contributed by atoms with Crippen LogP contribution in [0.5, 0.6) is 0 Å². The van der Waals surface area contributed by atoms with Crippen molar-refractivity contribution in [2.75, 3.05) is 0 Å². The first-order chi connectivity index (χ1) is 21.3. The number of hydrogen-bond acceptors (Lipinski definition) is 4. The molecule has 43 heavy (non-hydrogen) atoms. The van der Waals surface area contributed by atoms with Gasteiger partial charge in [-0.25, -0.2) is 9.97 Å². The van der Waals surface area contributed by atoms with Crippen LogP contribution in [-0.4, -0.2) is 15.0 Å². The Hall–Kier alpha value is -5.87. The van der Waals surface area contributed by atoms with E-state index in [4.69, 9.17) is 14.4 Å². The van der Waals surface area contributed by atoms with Crippen LogP contribution in [0.2, 0.25) is 0 Å². The first-order valence-corrected chi connectivity index (χ1v) is 14.3. The van der Waals surface area contributed by atoms with Gasteiger partial charge in [0.2, 0.25) is 0 Å². The molecular formula is C39H25N3O. The quantitative estimate of drug-likeness (QED) is 0.214. The van der Waals surface area contributed by atoms with Gasteiger partial charge in [-0.3, -0.25) is 4.98 Å². The number of para-hydroxylation sites is 2. The summed E-state index contributed by atoms with van der Waals surface area (Å²) < 4.78 is 6.29. The standard InChI is InChI=1S/C39H25N3O/c1-2-9-27(10-3-1)35-25-36(42-39(41-35)30-22-20-28(21-23-30)34-14-6-7-24-40-34)29-18-16-26(17-19-29)31-12-8-13-33-32-11-4-5-15-37(32)43-38(31)33/h1-25H. The van der Waals surface area contributed by atoms with E-state index in [9.17, 15) is 0 Å². The summed E-state index contributed by atoms with van der Waals surface area (Å²) in [6.07, 6.45) is 1.81. The summed E-state index contributed by atoms with van der Waals surface area (Å²) in [6.45, 7) is 0. The largest absolute Gasteiger partial charge is 0.455 e. The minimum atomic E-state index is 0.681. The molecule has 0 amide bonds. The molecule has 4 nitrogen and oxygen atoms in total. The lowest BCUT2D eigenvalue weighted by atomic mass is 9.99. The third-order valence-electron chi connectivity index (χ3n) is 7.80. The molecule has 0 fully saturated rings. The van der Waals surface area contributed by atoms with Gasteiger partial charge < -0.3 is 4.42 Å². The summed E-state index contributed by atoms with van der Waals surface area (Å²) in [7, 11) is 0. The molecule has 5 aromatic carbocycles. The highest BCUT2D eigenvalue weighted by Gasteiger charge is 2.14. The number of furan rings is 1. The van der Waals surface area contributed by atoms with Gasteiger partial charge in [0.05, 0.1) is 17.1 Å². The maximum Gasteiger partial charge on any atom is 0.160 e. The van der Waals surface area contributed by atoms with E-state index in [1.54, 1.807) is 0 Å². The lowest BCUT2D eigenvalue weighted by Crippen LogP contribution is -1.96. The molecular weight excluding hydrogens is 526 g/mol. The number of aromatic nitrogens is 3. The van der Waals surface area contributed by atoms with E-state index in [0.29, 0.717) is 5.82 Å². The van der Waals surface area contributed by atoms with Crippen LogP contribution in [-0.2, 0) is 0 Å². The third-order valence-corrected chi connectivity index (χ3v) is 7.80. The summed E-state index contributed by atoms with van der Waals surface area (Å²) in [5, 5.41) is 2.25. The van der Waals surface area contributed by atoms with Crippen molar-refractivity contribution >= 4 is 21.9 Å². The van der Waals surface area contributed by atoms with E-state index in [2.05, 4.69) is 96.0 Å². The zero-order chi connectivity index (χ0) is 28.6. The summed E-state index contributed by atoms with van der Waals surface area (Å²) in [5.74, 6) is 0.681. The maximum atomic E-state index is 6.29. The van der Waals surface area contributed by atoms with E-state index in [-0.39, 0.29) is 0 Å². The van der Waals surface area contributed by atoms with E-state index in [1.807, 2.05) is 60.8 Å². The second-order valence-corrected chi connectivity index (χ2v) is 10.5. The predicted octanol–water partition coefficient (Wildman–Crippen LogP) is 10.1. The fraction of sp³-hybridized carbons (Fsp3) is 0. The highest BCUT2D eigenvalue weighted by molar-refractivity contribution is 6.09.